The Morgan fingerprint density at radius 2 is 2.12 bits per heavy atom. The summed E-state index contributed by atoms with van der Waals surface area (Å²) < 4.78 is 5.65. The number of ether oxygens (including phenoxy) is 1. The van der Waals surface area contributed by atoms with Gasteiger partial charge in [0, 0.05) is 24.6 Å². The molecule has 1 fully saturated rings. The van der Waals surface area contributed by atoms with E-state index in [1.54, 1.807) is 0 Å². The maximum absolute atomic E-state index is 11.5. The molecule has 1 rings (SSSR count). The van der Waals surface area contributed by atoms with E-state index in [9.17, 15) is 4.79 Å². The van der Waals surface area contributed by atoms with Gasteiger partial charge in [0.2, 0.25) is 5.91 Å². The van der Waals surface area contributed by atoms with Gasteiger partial charge in [-0.2, -0.15) is 0 Å². The van der Waals surface area contributed by atoms with Crippen molar-refractivity contribution in [3.63, 3.8) is 0 Å². The van der Waals surface area contributed by atoms with Crippen molar-refractivity contribution in [3.05, 3.63) is 0 Å². The Morgan fingerprint density at radius 1 is 1.41 bits per heavy atom. The Morgan fingerprint density at radius 3 is 2.65 bits per heavy atom. The van der Waals surface area contributed by atoms with Crippen molar-refractivity contribution in [3.8, 4) is 0 Å². The van der Waals surface area contributed by atoms with Gasteiger partial charge in [0.05, 0.1) is 12.6 Å². The molecule has 0 aromatic carbocycles. The van der Waals surface area contributed by atoms with Crippen molar-refractivity contribution in [2.75, 3.05) is 19.7 Å². The molecule has 1 amide bonds. The SMILES string of the molecule is CCCNC(=O)CNC1CC(OCC)C1(C)C. The van der Waals surface area contributed by atoms with Crippen molar-refractivity contribution in [1.82, 2.24) is 10.6 Å². The Hall–Kier alpha value is -0.610. The molecule has 2 atom stereocenters. The fraction of sp³-hybridized carbons (Fsp3) is 0.923. The van der Waals surface area contributed by atoms with E-state index in [2.05, 4.69) is 31.4 Å². The smallest absolute Gasteiger partial charge is 0.233 e. The fourth-order valence-corrected chi connectivity index (χ4v) is 2.26. The van der Waals surface area contributed by atoms with Gasteiger partial charge in [0.25, 0.3) is 0 Å². The summed E-state index contributed by atoms with van der Waals surface area (Å²) in [7, 11) is 0. The van der Waals surface area contributed by atoms with Crippen molar-refractivity contribution in [2.24, 2.45) is 5.41 Å². The predicted molar refractivity (Wildman–Crippen MR) is 68.9 cm³/mol. The van der Waals surface area contributed by atoms with E-state index < -0.39 is 0 Å². The van der Waals surface area contributed by atoms with Crippen LogP contribution in [-0.4, -0.2) is 37.7 Å². The highest BCUT2D eigenvalue weighted by Crippen LogP contribution is 2.42. The van der Waals surface area contributed by atoms with E-state index >= 15 is 0 Å². The summed E-state index contributed by atoms with van der Waals surface area (Å²) in [4.78, 5) is 11.5. The Bertz CT molecular complexity index is 254. The number of hydrogen-bond donors (Lipinski definition) is 2. The van der Waals surface area contributed by atoms with Gasteiger partial charge in [0.1, 0.15) is 0 Å². The van der Waals surface area contributed by atoms with Crippen LogP contribution < -0.4 is 10.6 Å². The molecular weight excluding hydrogens is 216 g/mol. The van der Waals surface area contributed by atoms with Gasteiger partial charge in [-0.3, -0.25) is 4.79 Å². The molecule has 0 aromatic heterocycles. The van der Waals surface area contributed by atoms with Crippen molar-refractivity contribution >= 4 is 5.91 Å². The van der Waals surface area contributed by atoms with Crippen LogP contribution in [-0.2, 0) is 9.53 Å². The van der Waals surface area contributed by atoms with Gasteiger partial charge in [-0.15, -0.1) is 0 Å². The van der Waals surface area contributed by atoms with E-state index in [1.165, 1.54) is 0 Å². The van der Waals surface area contributed by atoms with Crippen LogP contribution in [0.4, 0.5) is 0 Å². The number of rotatable bonds is 7. The van der Waals surface area contributed by atoms with Crippen LogP contribution in [0, 0.1) is 5.41 Å². The molecule has 2 unspecified atom stereocenters. The molecule has 1 aliphatic rings. The second-order valence-corrected chi connectivity index (χ2v) is 5.28. The zero-order valence-electron chi connectivity index (χ0n) is 11.5. The molecule has 0 bridgehead atoms. The molecule has 0 aromatic rings. The molecule has 0 spiro atoms. The minimum absolute atomic E-state index is 0.0857. The van der Waals surface area contributed by atoms with Gasteiger partial charge in [-0.1, -0.05) is 20.8 Å². The maximum atomic E-state index is 11.5. The molecule has 4 nitrogen and oxygen atoms in total. The third kappa shape index (κ3) is 3.68. The third-order valence-electron chi connectivity index (χ3n) is 3.63. The van der Waals surface area contributed by atoms with Gasteiger partial charge >= 0.3 is 0 Å². The van der Waals surface area contributed by atoms with Crippen LogP contribution in [0.2, 0.25) is 0 Å². The minimum Gasteiger partial charge on any atom is -0.378 e. The first-order valence-electron chi connectivity index (χ1n) is 6.64. The predicted octanol–water partition coefficient (Wildman–Crippen LogP) is 1.31. The van der Waals surface area contributed by atoms with Crippen LogP contribution >= 0.6 is 0 Å². The lowest BCUT2D eigenvalue weighted by atomic mass is 9.64. The van der Waals surface area contributed by atoms with Gasteiger partial charge in [-0.05, 0) is 19.8 Å². The number of carbonyl (C=O) groups excluding carboxylic acids is 1. The molecule has 1 saturated carbocycles. The molecule has 17 heavy (non-hydrogen) atoms. The second kappa shape index (κ2) is 6.36. The van der Waals surface area contributed by atoms with Crippen LogP contribution in [0.25, 0.3) is 0 Å². The monoisotopic (exact) mass is 242 g/mol. The number of carbonyl (C=O) groups is 1. The number of nitrogens with one attached hydrogen (secondary N) is 2. The molecule has 1 aliphatic carbocycles. The highest BCUT2D eigenvalue weighted by Gasteiger charge is 2.48. The minimum atomic E-state index is 0.0857. The summed E-state index contributed by atoms with van der Waals surface area (Å²) in [5.74, 6) is 0.0857. The first-order chi connectivity index (χ1) is 8.02. The number of amides is 1. The van der Waals surface area contributed by atoms with E-state index in [0.29, 0.717) is 18.7 Å². The molecule has 4 heteroatoms. The Labute approximate surface area is 104 Å². The third-order valence-corrected chi connectivity index (χ3v) is 3.63. The summed E-state index contributed by atoms with van der Waals surface area (Å²) in [6.07, 6.45) is 2.30. The lowest BCUT2D eigenvalue weighted by Gasteiger charge is -2.51. The highest BCUT2D eigenvalue weighted by atomic mass is 16.5. The highest BCUT2D eigenvalue weighted by molar-refractivity contribution is 5.78. The number of hydrogen-bond acceptors (Lipinski definition) is 3. The quantitative estimate of drug-likeness (QED) is 0.707. The summed E-state index contributed by atoms with van der Waals surface area (Å²) in [5, 5.41) is 6.18. The summed E-state index contributed by atoms with van der Waals surface area (Å²) >= 11 is 0. The second-order valence-electron chi connectivity index (χ2n) is 5.28. The lowest BCUT2D eigenvalue weighted by Crippen LogP contribution is -2.62. The van der Waals surface area contributed by atoms with Crippen LogP contribution in [0.3, 0.4) is 0 Å². The molecular formula is C13H26N2O2. The van der Waals surface area contributed by atoms with Crippen LogP contribution in [0.15, 0.2) is 0 Å². The fourth-order valence-electron chi connectivity index (χ4n) is 2.26. The summed E-state index contributed by atoms with van der Waals surface area (Å²) in [6, 6.07) is 0.381. The van der Waals surface area contributed by atoms with E-state index in [1.807, 2.05) is 6.92 Å². The van der Waals surface area contributed by atoms with E-state index in [4.69, 9.17) is 4.74 Å². The molecule has 2 N–H and O–H groups in total. The zero-order chi connectivity index (χ0) is 12.9. The average Bonchev–Trinajstić information content (AvgIpc) is 2.30. The van der Waals surface area contributed by atoms with Gasteiger partial charge in [-0.25, -0.2) is 0 Å². The van der Waals surface area contributed by atoms with E-state index in [-0.39, 0.29) is 11.3 Å². The normalized spacial score (nSPS) is 26.4. The molecule has 0 aliphatic heterocycles. The molecule has 0 saturated heterocycles. The Balaban J connectivity index is 2.23. The van der Waals surface area contributed by atoms with Gasteiger partial charge < -0.3 is 15.4 Å². The van der Waals surface area contributed by atoms with Crippen molar-refractivity contribution < 1.29 is 9.53 Å². The Kier molecular flexibility index (Phi) is 5.40. The zero-order valence-corrected chi connectivity index (χ0v) is 11.5. The first kappa shape index (κ1) is 14.5. The lowest BCUT2D eigenvalue weighted by molar-refractivity contribution is -0.126. The summed E-state index contributed by atoms with van der Waals surface area (Å²) in [6.45, 7) is 10.4. The van der Waals surface area contributed by atoms with Gasteiger partial charge in [0.15, 0.2) is 0 Å². The molecule has 100 valence electrons. The summed E-state index contributed by atoms with van der Waals surface area (Å²) in [5.41, 5.74) is 0.126. The standard InChI is InChI=1S/C13H26N2O2/c1-5-7-14-12(16)9-15-10-8-11(17-6-2)13(10,3)4/h10-11,15H,5-9H2,1-4H3,(H,14,16). The van der Waals surface area contributed by atoms with Crippen molar-refractivity contribution in [1.29, 1.82) is 0 Å². The van der Waals surface area contributed by atoms with E-state index in [0.717, 1.165) is 26.0 Å². The van der Waals surface area contributed by atoms with Crippen LogP contribution in [0.1, 0.15) is 40.5 Å². The average molecular weight is 242 g/mol. The first-order valence-corrected chi connectivity index (χ1v) is 6.64. The topological polar surface area (TPSA) is 50.4 Å². The molecule has 0 heterocycles. The van der Waals surface area contributed by atoms with Crippen LogP contribution in [0.5, 0.6) is 0 Å². The maximum Gasteiger partial charge on any atom is 0.233 e. The largest absolute Gasteiger partial charge is 0.378 e. The molecule has 0 radical (unpaired) electrons. The van der Waals surface area contributed by atoms with Crippen molar-refractivity contribution in [2.45, 2.75) is 52.7 Å².